The van der Waals surface area contributed by atoms with Gasteiger partial charge in [-0.3, -0.25) is 4.72 Å². The van der Waals surface area contributed by atoms with E-state index in [0.29, 0.717) is 28.7 Å². The van der Waals surface area contributed by atoms with Crippen LogP contribution in [0.25, 0.3) is 16.6 Å². The molecule has 2 N–H and O–H groups in total. The molecule has 2 heterocycles. The second-order valence-electron chi connectivity index (χ2n) is 7.53. The first kappa shape index (κ1) is 24.6. The van der Waals surface area contributed by atoms with Gasteiger partial charge in [0.25, 0.3) is 0 Å². The van der Waals surface area contributed by atoms with E-state index in [1.165, 1.54) is 6.20 Å². The van der Waals surface area contributed by atoms with E-state index in [-0.39, 0.29) is 18.4 Å². The molecule has 0 spiro atoms. The number of hydrogen-bond acceptors (Lipinski definition) is 7. The zero-order valence-corrected chi connectivity index (χ0v) is 20.8. The fourth-order valence-corrected chi connectivity index (χ4v) is 4.26. The molecule has 2 aromatic carbocycles. The van der Waals surface area contributed by atoms with Gasteiger partial charge >= 0.3 is 0 Å². The number of sulfonamides is 1. The molecule has 0 aliphatic rings. The molecule has 12 heteroatoms. The Morgan fingerprint density at radius 3 is 2.77 bits per heavy atom. The van der Waals surface area contributed by atoms with Crippen LogP contribution in [0.4, 0.5) is 11.8 Å². The summed E-state index contributed by atoms with van der Waals surface area (Å²) in [7, 11) is -3.46. The number of ether oxygens (including phenoxy) is 1. The van der Waals surface area contributed by atoms with Crippen molar-refractivity contribution >= 4 is 55.9 Å². The molecule has 4 rings (SSSR count). The van der Waals surface area contributed by atoms with Gasteiger partial charge in [-0.05, 0) is 42.0 Å². The average Bonchev–Trinajstić information content (AvgIpc) is 3.24. The van der Waals surface area contributed by atoms with Crippen molar-refractivity contribution in [2.75, 3.05) is 28.8 Å². The highest BCUT2D eigenvalue weighted by atomic mass is 35.5. The predicted octanol–water partition coefficient (Wildman–Crippen LogP) is 4.55. The van der Waals surface area contributed by atoms with Gasteiger partial charge in [0.1, 0.15) is 18.5 Å². The number of nitrogens with zero attached hydrogens (tertiary/aromatic N) is 4. The lowest BCUT2D eigenvalue weighted by molar-refractivity contribution is 0.342. The summed E-state index contributed by atoms with van der Waals surface area (Å²) in [6.45, 7) is 0.719. The number of halogens is 2. The SMILES string of the molecule is CS(=O)(=O)Nc1nccc(NCc2ccc3c(ccn3-c3cc(Cl)c(OCCCl)c(C#N)c3)c2)n1. The van der Waals surface area contributed by atoms with Crippen molar-refractivity contribution in [3.05, 3.63) is 71.0 Å². The number of anilines is 2. The van der Waals surface area contributed by atoms with Crippen LogP contribution in [0.5, 0.6) is 5.75 Å². The quantitative estimate of drug-likeness (QED) is 0.304. The monoisotopic (exact) mass is 530 g/mol. The minimum Gasteiger partial charge on any atom is -0.489 e. The summed E-state index contributed by atoms with van der Waals surface area (Å²) in [5.41, 5.74) is 2.99. The summed E-state index contributed by atoms with van der Waals surface area (Å²) in [4.78, 5) is 8.06. The smallest absolute Gasteiger partial charge is 0.238 e. The first-order chi connectivity index (χ1) is 16.8. The molecule has 2 aromatic heterocycles. The maximum absolute atomic E-state index is 11.4. The van der Waals surface area contributed by atoms with Crippen LogP contribution in [0.15, 0.2) is 54.9 Å². The molecule has 0 saturated heterocycles. The maximum Gasteiger partial charge on any atom is 0.238 e. The van der Waals surface area contributed by atoms with Crippen LogP contribution in [0.1, 0.15) is 11.1 Å². The van der Waals surface area contributed by atoms with Crippen LogP contribution >= 0.6 is 23.2 Å². The van der Waals surface area contributed by atoms with Gasteiger partial charge < -0.3 is 14.6 Å². The first-order valence-electron chi connectivity index (χ1n) is 10.3. The predicted molar refractivity (Wildman–Crippen MR) is 137 cm³/mol. The van der Waals surface area contributed by atoms with Gasteiger partial charge in [0.2, 0.25) is 16.0 Å². The molecule has 0 atom stereocenters. The number of fused-ring (bicyclic) bond motifs is 1. The van der Waals surface area contributed by atoms with E-state index in [4.69, 9.17) is 27.9 Å². The van der Waals surface area contributed by atoms with Crippen molar-refractivity contribution in [2.24, 2.45) is 0 Å². The number of aromatic nitrogens is 3. The van der Waals surface area contributed by atoms with Crippen molar-refractivity contribution in [2.45, 2.75) is 6.54 Å². The van der Waals surface area contributed by atoms with E-state index in [9.17, 15) is 13.7 Å². The van der Waals surface area contributed by atoms with Gasteiger partial charge in [0.05, 0.1) is 28.2 Å². The topological polar surface area (TPSA) is 122 Å². The van der Waals surface area contributed by atoms with Gasteiger partial charge in [-0.25, -0.2) is 13.4 Å². The number of benzene rings is 2. The van der Waals surface area contributed by atoms with Crippen molar-refractivity contribution in [1.29, 1.82) is 5.26 Å². The molecule has 4 aromatic rings. The van der Waals surface area contributed by atoms with Gasteiger partial charge in [0, 0.05) is 30.0 Å². The number of nitriles is 1. The molecule has 0 radical (unpaired) electrons. The van der Waals surface area contributed by atoms with Crippen molar-refractivity contribution in [3.63, 3.8) is 0 Å². The third-order valence-corrected chi connectivity index (χ3v) is 5.90. The highest BCUT2D eigenvalue weighted by Gasteiger charge is 2.14. The number of rotatable bonds is 9. The molecule has 0 aliphatic heterocycles. The standard InChI is InChI=1S/C23H20Cl2N6O3S/c1-35(32,33)30-23-27-7-4-21(29-23)28-14-15-2-3-20-16(10-15)5-8-31(20)18-11-17(13-26)22(19(25)12-18)34-9-6-24/h2-5,7-8,10-12H,6,9,14H2,1H3,(H2,27,28,29,30). The summed E-state index contributed by atoms with van der Waals surface area (Å²) >= 11 is 12.1. The molecule has 0 bridgehead atoms. The van der Waals surface area contributed by atoms with Crippen LogP contribution in [-0.4, -0.2) is 41.7 Å². The molecule has 180 valence electrons. The lowest BCUT2D eigenvalue weighted by atomic mass is 10.1. The summed E-state index contributed by atoms with van der Waals surface area (Å²) < 4.78 is 32.5. The Balaban J connectivity index is 1.55. The molecule has 0 fully saturated rings. The van der Waals surface area contributed by atoms with E-state index in [1.54, 1.807) is 18.2 Å². The van der Waals surface area contributed by atoms with E-state index in [2.05, 4.69) is 26.1 Å². The molecule has 35 heavy (non-hydrogen) atoms. The third-order valence-electron chi connectivity index (χ3n) is 4.91. The fraction of sp³-hybridized carbons (Fsp3) is 0.174. The van der Waals surface area contributed by atoms with Crippen LogP contribution in [0.2, 0.25) is 5.02 Å². The summed E-state index contributed by atoms with van der Waals surface area (Å²) in [6, 6.07) is 15.2. The second kappa shape index (κ2) is 10.4. The largest absolute Gasteiger partial charge is 0.489 e. The second-order valence-corrected chi connectivity index (χ2v) is 10.1. The minimum atomic E-state index is -3.46. The van der Waals surface area contributed by atoms with E-state index >= 15 is 0 Å². The van der Waals surface area contributed by atoms with Crippen LogP contribution in [-0.2, 0) is 16.6 Å². The zero-order chi connectivity index (χ0) is 25.0. The first-order valence-corrected chi connectivity index (χ1v) is 13.2. The van der Waals surface area contributed by atoms with Crippen molar-refractivity contribution in [1.82, 2.24) is 14.5 Å². The number of alkyl halides is 1. The molecule has 0 unspecified atom stereocenters. The Morgan fingerprint density at radius 1 is 1.20 bits per heavy atom. The molecular formula is C23H20Cl2N6O3S. The van der Waals surface area contributed by atoms with Crippen molar-refractivity contribution < 1.29 is 13.2 Å². The highest BCUT2D eigenvalue weighted by Crippen LogP contribution is 2.33. The fourth-order valence-electron chi connectivity index (χ4n) is 3.48. The number of hydrogen-bond donors (Lipinski definition) is 2. The normalized spacial score (nSPS) is 11.3. The molecule has 0 amide bonds. The highest BCUT2D eigenvalue weighted by molar-refractivity contribution is 7.91. The Bertz CT molecular complexity index is 1530. The Kier molecular flexibility index (Phi) is 7.31. The third kappa shape index (κ3) is 5.95. The Labute approximate surface area is 212 Å². The molecule has 9 nitrogen and oxygen atoms in total. The average molecular weight is 531 g/mol. The lowest BCUT2D eigenvalue weighted by Crippen LogP contribution is -2.13. The van der Waals surface area contributed by atoms with E-state index in [1.807, 2.05) is 35.0 Å². The molecule has 0 aliphatic carbocycles. The lowest BCUT2D eigenvalue weighted by Gasteiger charge is -2.12. The minimum absolute atomic E-state index is 0.000460. The summed E-state index contributed by atoms with van der Waals surface area (Å²) in [5, 5.41) is 14.0. The van der Waals surface area contributed by atoms with Crippen LogP contribution in [0, 0.1) is 11.3 Å². The molecular weight excluding hydrogens is 511 g/mol. The van der Waals surface area contributed by atoms with E-state index < -0.39 is 10.0 Å². The maximum atomic E-state index is 11.4. The zero-order valence-electron chi connectivity index (χ0n) is 18.5. The Hall–Kier alpha value is -3.52. The van der Waals surface area contributed by atoms with E-state index in [0.717, 1.165) is 28.4 Å². The van der Waals surface area contributed by atoms with Crippen LogP contribution < -0.4 is 14.8 Å². The Morgan fingerprint density at radius 2 is 2.03 bits per heavy atom. The van der Waals surface area contributed by atoms with Crippen molar-refractivity contribution in [3.8, 4) is 17.5 Å². The van der Waals surface area contributed by atoms with Gasteiger partial charge in [-0.15, -0.1) is 11.6 Å². The summed E-state index contributed by atoms with van der Waals surface area (Å²) in [5.74, 6) is 1.10. The number of nitrogens with one attached hydrogen (secondary N) is 2. The summed E-state index contributed by atoms with van der Waals surface area (Å²) in [6.07, 6.45) is 4.41. The van der Waals surface area contributed by atoms with Gasteiger partial charge in [0.15, 0.2) is 5.75 Å². The molecule has 0 saturated carbocycles. The van der Waals surface area contributed by atoms with Crippen LogP contribution in [0.3, 0.4) is 0 Å². The van der Waals surface area contributed by atoms with Gasteiger partial charge in [-0.1, -0.05) is 17.7 Å². The van der Waals surface area contributed by atoms with Gasteiger partial charge in [-0.2, -0.15) is 10.2 Å².